The first-order chi connectivity index (χ1) is 11.7. The van der Waals surface area contributed by atoms with E-state index in [1.54, 1.807) is 0 Å². The lowest BCUT2D eigenvalue weighted by atomic mass is 10.1. The Kier molecular flexibility index (Phi) is 5.53. The van der Waals surface area contributed by atoms with Gasteiger partial charge in [-0.2, -0.15) is 0 Å². The zero-order chi connectivity index (χ0) is 16.9. The topological polar surface area (TPSA) is 55.6 Å². The first-order valence-electron chi connectivity index (χ1n) is 8.14. The van der Waals surface area contributed by atoms with Crippen LogP contribution in [0.1, 0.15) is 18.1 Å². The van der Waals surface area contributed by atoms with Crippen molar-refractivity contribution in [3.63, 3.8) is 0 Å². The molecule has 2 aromatic carbocycles. The number of carbonyl (C=O) groups is 1. The van der Waals surface area contributed by atoms with Crippen molar-refractivity contribution in [2.75, 3.05) is 19.6 Å². The van der Waals surface area contributed by atoms with E-state index in [4.69, 9.17) is 10.5 Å². The van der Waals surface area contributed by atoms with Crippen molar-refractivity contribution in [3.05, 3.63) is 64.6 Å². The Morgan fingerprint density at radius 2 is 1.92 bits per heavy atom. The highest BCUT2D eigenvalue weighted by Crippen LogP contribution is 2.31. The summed E-state index contributed by atoms with van der Waals surface area (Å²) in [4.78, 5) is 14.9. The highest BCUT2D eigenvalue weighted by Gasteiger charge is 2.32. The Balaban J connectivity index is 1.85. The number of amides is 1. The van der Waals surface area contributed by atoms with Crippen molar-refractivity contribution < 1.29 is 9.53 Å². The number of hydrogen-bond acceptors (Lipinski definition) is 3. The van der Waals surface area contributed by atoms with Gasteiger partial charge in [0, 0.05) is 18.7 Å². The van der Waals surface area contributed by atoms with E-state index in [-0.39, 0.29) is 5.91 Å². The van der Waals surface area contributed by atoms with E-state index in [0.717, 1.165) is 23.0 Å². The Morgan fingerprint density at radius 3 is 2.58 bits per heavy atom. The van der Waals surface area contributed by atoms with Gasteiger partial charge in [-0.05, 0) is 46.9 Å². The molecule has 1 amide bonds. The molecule has 2 aromatic rings. The van der Waals surface area contributed by atoms with Gasteiger partial charge in [-0.15, -0.1) is 0 Å². The minimum atomic E-state index is -0.651. The third kappa shape index (κ3) is 3.79. The molecule has 1 heterocycles. The van der Waals surface area contributed by atoms with Gasteiger partial charge in [-0.25, -0.2) is 0 Å². The summed E-state index contributed by atoms with van der Waals surface area (Å²) in [6.45, 7) is 2.06. The molecule has 0 unspecified atom stereocenters. The molecule has 126 valence electrons. The summed E-state index contributed by atoms with van der Waals surface area (Å²) in [6, 6.07) is 17.2. The fraction of sp³-hybridized carbons (Fsp3) is 0.316. The lowest BCUT2D eigenvalue weighted by molar-refractivity contribution is -0.138. The minimum absolute atomic E-state index is 0.00657. The quantitative estimate of drug-likeness (QED) is 0.853. The molecule has 0 bridgehead atoms. The van der Waals surface area contributed by atoms with Gasteiger partial charge in [0.1, 0.15) is 5.75 Å². The van der Waals surface area contributed by atoms with Gasteiger partial charge in [0.25, 0.3) is 5.91 Å². The average molecular weight is 389 g/mol. The number of halogens is 1. The van der Waals surface area contributed by atoms with Crippen LogP contribution in [0.25, 0.3) is 0 Å². The van der Waals surface area contributed by atoms with Gasteiger partial charge in [0.15, 0.2) is 0 Å². The summed E-state index contributed by atoms with van der Waals surface area (Å²) in [5.74, 6) is 1.04. The van der Waals surface area contributed by atoms with Crippen molar-refractivity contribution >= 4 is 21.8 Å². The third-order valence-corrected chi connectivity index (χ3v) is 4.99. The van der Waals surface area contributed by atoms with Crippen LogP contribution in [0.5, 0.6) is 5.75 Å². The van der Waals surface area contributed by atoms with Crippen molar-refractivity contribution in [1.29, 1.82) is 0 Å². The number of nitrogens with zero attached hydrogens (tertiary/aromatic N) is 1. The predicted octanol–water partition coefficient (Wildman–Crippen LogP) is 3.38. The molecule has 5 heteroatoms. The standard InChI is InChI=1S/C19H21BrN2O2/c20-16-8-4-5-9-17(16)24-18(15-6-2-1-3-7-15)19(23)22-11-10-14(12-21)13-22/h1-9,14,18H,10-13,21H2/t14-,18-/m0/s1. The number of hydrogen-bond donors (Lipinski definition) is 1. The first-order valence-corrected chi connectivity index (χ1v) is 8.93. The van der Waals surface area contributed by atoms with Crippen LogP contribution in [0, 0.1) is 5.92 Å². The number of carbonyl (C=O) groups excluding carboxylic acids is 1. The molecular formula is C19H21BrN2O2. The van der Waals surface area contributed by atoms with E-state index < -0.39 is 6.10 Å². The monoisotopic (exact) mass is 388 g/mol. The lowest BCUT2D eigenvalue weighted by Crippen LogP contribution is -2.36. The van der Waals surface area contributed by atoms with Crippen molar-refractivity contribution in [1.82, 2.24) is 4.90 Å². The van der Waals surface area contributed by atoms with Crippen molar-refractivity contribution in [3.8, 4) is 5.75 Å². The molecule has 0 aliphatic carbocycles. The van der Waals surface area contributed by atoms with Crippen LogP contribution in [0.4, 0.5) is 0 Å². The molecule has 1 aliphatic heterocycles. The zero-order valence-electron chi connectivity index (χ0n) is 13.4. The fourth-order valence-corrected chi connectivity index (χ4v) is 3.33. The summed E-state index contributed by atoms with van der Waals surface area (Å²) < 4.78 is 6.94. The van der Waals surface area contributed by atoms with Crippen molar-refractivity contribution in [2.24, 2.45) is 11.7 Å². The molecule has 1 saturated heterocycles. The number of benzene rings is 2. The van der Waals surface area contributed by atoms with Gasteiger partial charge >= 0.3 is 0 Å². The van der Waals surface area contributed by atoms with Crippen LogP contribution in [0.15, 0.2) is 59.1 Å². The molecule has 2 N–H and O–H groups in total. The maximum absolute atomic E-state index is 13.1. The number of likely N-dealkylation sites (tertiary alicyclic amines) is 1. The number of rotatable bonds is 5. The molecule has 2 atom stereocenters. The molecule has 0 radical (unpaired) electrons. The number of para-hydroxylation sites is 1. The summed E-state index contributed by atoms with van der Waals surface area (Å²) >= 11 is 3.48. The molecule has 1 fully saturated rings. The van der Waals surface area contributed by atoms with E-state index in [1.807, 2.05) is 59.5 Å². The molecule has 4 nitrogen and oxygen atoms in total. The van der Waals surface area contributed by atoms with Crippen LogP contribution in [-0.4, -0.2) is 30.4 Å². The first kappa shape index (κ1) is 17.0. The summed E-state index contributed by atoms with van der Waals surface area (Å²) in [5.41, 5.74) is 6.61. The van der Waals surface area contributed by atoms with Crippen molar-refractivity contribution in [2.45, 2.75) is 12.5 Å². The van der Waals surface area contributed by atoms with Crippen LogP contribution in [0.3, 0.4) is 0 Å². The Bertz CT molecular complexity index is 693. The second-order valence-electron chi connectivity index (χ2n) is 6.01. The zero-order valence-corrected chi connectivity index (χ0v) is 15.0. The summed E-state index contributed by atoms with van der Waals surface area (Å²) in [7, 11) is 0. The van der Waals surface area contributed by atoms with E-state index in [0.29, 0.717) is 24.8 Å². The summed E-state index contributed by atoms with van der Waals surface area (Å²) in [5, 5.41) is 0. The van der Waals surface area contributed by atoms with Gasteiger partial charge < -0.3 is 15.4 Å². The highest BCUT2D eigenvalue weighted by molar-refractivity contribution is 9.10. The van der Waals surface area contributed by atoms with Crippen LogP contribution in [-0.2, 0) is 4.79 Å². The lowest BCUT2D eigenvalue weighted by Gasteiger charge is -2.25. The number of nitrogens with two attached hydrogens (primary N) is 1. The minimum Gasteiger partial charge on any atom is -0.475 e. The van der Waals surface area contributed by atoms with Crippen LogP contribution < -0.4 is 10.5 Å². The average Bonchev–Trinajstić information content (AvgIpc) is 3.10. The van der Waals surface area contributed by atoms with Crippen LogP contribution >= 0.6 is 15.9 Å². The second kappa shape index (κ2) is 7.81. The normalized spacial score (nSPS) is 18.4. The van der Waals surface area contributed by atoms with Gasteiger partial charge in [-0.1, -0.05) is 42.5 Å². The maximum Gasteiger partial charge on any atom is 0.268 e. The molecule has 24 heavy (non-hydrogen) atoms. The largest absolute Gasteiger partial charge is 0.475 e. The van der Waals surface area contributed by atoms with E-state index in [9.17, 15) is 4.79 Å². The number of ether oxygens (including phenoxy) is 1. The maximum atomic E-state index is 13.1. The fourth-order valence-electron chi connectivity index (χ4n) is 2.95. The van der Waals surface area contributed by atoms with Gasteiger partial charge in [-0.3, -0.25) is 4.79 Å². The van der Waals surface area contributed by atoms with Crippen LogP contribution in [0.2, 0.25) is 0 Å². The molecular weight excluding hydrogens is 368 g/mol. The molecule has 0 aromatic heterocycles. The van der Waals surface area contributed by atoms with Gasteiger partial charge in [0.2, 0.25) is 6.10 Å². The van der Waals surface area contributed by atoms with E-state index in [1.165, 1.54) is 0 Å². The van der Waals surface area contributed by atoms with Gasteiger partial charge in [0.05, 0.1) is 4.47 Å². The Morgan fingerprint density at radius 1 is 1.21 bits per heavy atom. The molecule has 1 aliphatic rings. The van der Waals surface area contributed by atoms with E-state index >= 15 is 0 Å². The Hall–Kier alpha value is -1.85. The van der Waals surface area contributed by atoms with E-state index in [2.05, 4.69) is 15.9 Å². The molecule has 0 spiro atoms. The summed E-state index contributed by atoms with van der Waals surface area (Å²) in [6.07, 6.45) is 0.306. The smallest absolute Gasteiger partial charge is 0.268 e. The Labute approximate surface area is 150 Å². The molecule has 0 saturated carbocycles. The SMILES string of the molecule is NC[C@@H]1CCN(C(=O)[C@@H](Oc2ccccc2Br)c2ccccc2)C1. The highest BCUT2D eigenvalue weighted by atomic mass is 79.9. The molecule has 3 rings (SSSR count). The third-order valence-electron chi connectivity index (χ3n) is 4.34. The predicted molar refractivity (Wildman–Crippen MR) is 97.7 cm³/mol. The second-order valence-corrected chi connectivity index (χ2v) is 6.87.